The van der Waals surface area contributed by atoms with Crippen molar-refractivity contribution in [2.45, 2.75) is 20.0 Å². The second-order valence-electron chi connectivity index (χ2n) is 3.30. The van der Waals surface area contributed by atoms with Crippen molar-refractivity contribution in [2.75, 3.05) is 0 Å². The molecule has 0 heterocycles. The third kappa shape index (κ3) is 3.26. The van der Waals surface area contributed by atoms with Crippen LogP contribution in [0.25, 0.3) is 0 Å². The predicted octanol–water partition coefficient (Wildman–Crippen LogP) is 1.61. The van der Waals surface area contributed by atoms with Gasteiger partial charge in [-0.1, -0.05) is 11.6 Å². The van der Waals surface area contributed by atoms with Crippen molar-refractivity contribution in [3.8, 4) is 11.5 Å². The smallest absolute Gasteiger partial charge is 0.509 e. The molecular formula is C9H11BClFO4. The van der Waals surface area contributed by atoms with E-state index in [4.69, 9.17) is 26.4 Å². The standard InChI is InChI=1S/C9H11BClFO4/c1-5(2)15-9-6(11)3-4-7(8(9)12)16-10(13)14/h3-5,13-14H,1-2H3. The molecule has 0 radical (unpaired) electrons. The SMILES string of the molecule is CC(C)Oc1c(Cl)ccc(OB(O)O)c1F. The van der Waals surface area contributed by atoms with Crippen LogP contribution in [0.5, 0.6) is 11.5 Å². The Morgan fingerprint density at radius 3 is 2.50 bits per heavy atom. The summed E-state index contributed by atoms with van der Waals surface area (Å²) in [7, 11) is -2.09. The van der Waals surface area contributed by atoms with Crippen LogP contribution >= 0.6 is 11.6 Å². The Labute approximate surface area is 97.7 Å². The molecule has 0 bridgehead atoms. The number of benzene rings is 1. The summed E-state index contributed by atoms with van der Waals surface area (Å²) in [6, 6.07) is 2.53. The highest BCUT2D eigenvalue weighted by atomic mass is 35.5. The molecule has 0 saturated carbocycles. The minimum absolute atomic E-state index is 0.0889. The fourth-order valence-corrected chi connectivity index (χ4v) is 1.25. The number of rotatable bonds is 4. The van der Waals surface area contributed by atoms with Crippen LogP contribution < -0.4 is 9.39 Å². The molecule has 0 aromatic heterocycles. The fraction of sp³-hybridized carbons (Fsp3) is 0.333. The van der Waals surface area contributed by atoms with Gasteiger partial charge in [0.05, 0.1) is 11.1 Å². The Bertz CT molecular complexity index is 373. The topological polar surface area (TPSA) is 58.9 Å². The summed E-state index contributed by atoms with van der Waals surface area (Å²) in [5.41, 5.74) is 0. The lowest BCUT2D eigenvalue weighted by Gasteiger charge is -2.14. The highest BCUT2D eigenvalue weighted by Gasteiger charge is 2.20. The third-order valence-corrected chi connectivity index (χ3v) is 1.90. The van der Waals surface area contributed by atoms with Crippen molar-refractivity contribution in [1.82, 2.24) is 0 Å². The summed E-state index contributed by atoms with van der Waals surface area (Å²) >= 11 is 5.74. The van der Waals surface area contributed by atoms with Gasteiger partial charge >= 0.3 is 7.32 Å². The van der Waals surface area contributed by atoms with Crippen LogP contribution in [0, 0.1) is 5.82 Å². The van der Waals surface area contributed by atoms with Gasteiger partial charge in [-0.15, -0.1) is 0 Å². The van der Waals surface area contributed by atoms with Gasteiger partial charge in [-0.3, -0.25) is 0 Å². The molecular weight excluding hydrogens is 237 g/mol. The normalized spacial score (nSPS) is 10.4. The van der Waals surface area contributed by atoms with Crippen molar-refractivity contribution in [3.05, 3.63) is 23.0 Å². The van der Waals surface area contributed by atoms with Crippen LogP contribution in [-0.4, -0.2) is 23.5 Å². The van der Waals surface area contributed by atoms with Gasteiger partial charge in [-0.25, -0.2) is 0 Å². The highest BCUT2D eigenvalue weighted by Crippen LogP contribution is 2.34. The minimum atomic E-state index is -2.09. The van der Waals surface area contributed by atoms with Crippen molar-refractivity contribution in [1.29, 1.82) is 0 Å². The number of halogens is 2. The van der Waals surface area contributed by atoms with Crippen LogP contribution in [0.1, 0.15) is 13.8 Å². The van der Waals surface area contributed by atoms with Gasteiger partial charge in [0.25, 0.3) is 0 Å². The summed E-state index contributed by atoms with van der Waals surface area (Å²) in [6.07, 6.45) is -0.263. The van der Waals surface area contributed by atoms with E-state index in [1.54, 1.807) is 13.8 Å². The molecule has 1 aromatic rings. The summed E-state index contributed by atoms with van der Waals surface area (Å²) in [4.78, 5) is 0. The van der Waals surface area contributed by atoms with Crippen LogP contribution in [-0.2, 0) is 0 Å². The second-order valence-corrected chi connectivity index (χ2v) is 3.71. The Morgan fingerprint density at radius 1 is 1.38 bits per heavy atom. The molecule has 4 nitrogen and oxygen atoms in total. The molecule has 0 unspecified atom stereocenters. The van der Waals surface area contributed by atoms with E-state index in [0.717, 1.165) is 0 Å². The molecule has 0 aliphatic heterocycles. The summed E-state index contributed by atoms with van der Waals surface area (Å²) < 4.78 is 23.3. The van der Waals surface area contributed by atoms with E-state index < -0.39 is 13.1 Å². The van der Waals surface area contributed by atoms with E-state index in [-0.39, 0.29) is 22.6 Å². The molecule has 0 aliphatic rings. The summed E-state index contributed by atoms with van der Waals surface area (Å²) in [6.45, 7) is 3.42. The van der Waals surface area contributed by atoms with E-state index in [1.807, 2.05) is 0 Å². The average Bonchev–Trinajstić information content (AvgIpc) is 2.16. The van der Waals surface area contributed by atoms with E-state index in [1.165, 1.54) is 12.1 Å². The van der Waals surface area contributed by atoms with Gasteiger partial charge in [0.1, 0.15) is 5.75 Å². The lowest BCUT2D eigenvalue weighted by molar-refractivity contribution is 0.226. The summed E-state index contributed by atoms with van der Waals surface area (Å²) in [5.74, 6) is -1.38. The number of hydrogen-bond acceptors (Lipinski definition) is 4. The molecule has 0 spiro atoms. The van der Waals surface area contributed by atoms with E-state index in [2.05, 4.69) is 4.65 Å². The Kier molecular flexibility index (Phi) is 4.40. The predicted molar refractivity (Wildman–Crippen MR) is 58.0 cm³/mol. The zero-order valence-corrected chi connectivity index (χ0v) is 9.53. The molecule has 1 rings (SSSR count). The number of ether oxygens (including phenoxy) is 1. The molecule has 0 aliphatic carbocycles. The largest absolute Gasteiger partial charge is 0.707 e. The molecule has 1 aromatic carbocycles. The Morgan fingerprint density at radius 2 is 2.00 bits per heavy atom. The first-order valence-corrected chi connectivity index (χ1v) is 4.97. The van der Waals surface area contributed by atoms with Gasteiger partial charge in [0.15, 0.2) is 5.75 Å². The molecule has 16 heavy (non-hydrogen) atoms. The van der Waals surface area contributed by atoms with Gasteiger partial charge < -0.3 is 19.4 Å². The molecule has 0 fully saturated rings. The first-order valence-electron chi connectivity index (χ1n) is 4.59. The maximum absolute atomic E-state index is 13.7. The van der Waals surface area contributed by atoms with Crippen LogP contribution in [0.4, 0.5) is 4.39 Å². The third-order valence-electron chi connectivity index (χ3n) is 1.60. The minimum Gasteiger partial charge on any atom is -0.509 e. The first-order chi connectivity index (χ1) is 7.41. The van der Waals surface area contributed by atoms with Crippen molar-refractivity contribution >= 4 is 18.9 Å². The second kappa shape index (κ2) is 5.38. The van der Waals surface area contributed by atoms with Crippen molar-refractivity contribution < 1.29 is 23.8 Å². The van der Waals surface area contributed by atoms with Crippen LogP contribution in [0.3, 0.4) is 0 Å². The van der Waals surface area contributed by atoms with E-state index >= 15 is 0 Å². The van der Waals surface area contributed by atoms with E-state index in [9.17, 15) is 4.39 Å². The van der Waals surface area contributed by atoms with Crippen molar-refractivity contribution in [3.63, 3.8) is 0 Å². The van der Waals surface area contributed by atoms with Crippen LogP contribution in [0.2, 0.25) is 5.02 Å². The molecule has 88 valence electrons. The Hall–Kier alpha value is -0.975. The average molecular weight is 248 g/mol. The molecule has 0 atom stereocenters. The lowest BCUT2D eigenvalue weighted by atomic mass is 10.2. The number of hydrogen-bond donors (Lipinski definition) is 2. The van der Waals surface area contributed by atoms with Crippen molar-refractivity contribution in [2.24, 2.45) is 0 Å². The van der Waals surface area contributed by atoms with Gasteiger partial charge in [-0.2, -0.15) is 4.39 Å². The molecule has 7 heteroatoms. The van der Waals surface area contributed by atoms with Crippen LogP contribution in [0.15, 0.2) is 12.1 Å². The zero-order valence-electron chi connectivity index (χ0n) is 8.78. The quantitative estimate of drug-likeness (QED) is 0.795. The fourth-order valence-electron chi connectivity index (χ4n) is 1.06. The maximum atomic E-state index is 13.7. The van der Waals surface area contributed by atoms with Gasteiger partial charge in [-0.05, 0) is 26.0 Å². The molecule has 0 saturated heterocycles. The van der Waals surface area contributed by atoms with Gasteiger partial charge in [0.2, 0.25) is 5.82 Å². The Balaban J connectivity index is 3.06. The highest BCUT2D eigenvalue weighted by molar-refractivity contribution is 6.34. The maximum Gasteiger partial charge on any atom is 0.707 e. The monoisotopic (exact) mass is 248 g/mol. The first kappa shape index (κ1) is 13.1. The molecule has 2 N–H and O–H groups in total. The molecule has 0 amide bonds. The van der Waals surface area contributed by atoms with Gasteiger partial charge in [0, 0.05) is 0 Å². The lowest BCUT2D eigenvalue weighted by Crippen LogP contribution is -2.21. The zero-order chi connectivity index (χ0) is 12.3. The summed E-state index contributed by atoms with van der Waals surface area (Å²) in [5, 5.41) is 17.2. The van der Waals surface area contributed by atoms with E-state index in [0.29, 0.717) is 0 Å².